The number of carbonyl (C=O) groups excluding carboxylic acids is 6. The Kier molecular flexibility index (Phi) is 14.2. The number of halogens is 4. The van der Waals surface area contributed by atoms with E-state index in [2.05, 4.69) is 0 Å². The molecule has 0 saturated heterocycles. The molecular formula is C6H10Cl4O6Rh. The fourth-order valence-corrected chi connectivity index (χ4v) is 1.64. The summed E-state index contributed by atoms with van der Waals surface area (Å²) < 4.78 is 0. The maximum absolute atomic E-state index is 10.5. The van der Waals surface area contributed by atoms with Gasteiger partial charge in [0.05, 0.1) is 0 Å². The molecule has 0 aliphatic heterocycles. The SMILES string of the molecule is Cl.Cl.Cl.Cl.O=[CH][Rh]([CH]=O)([CH]=O)([CH]=O)([CH]=O)[CH]=O. The molecule has 0 saturated carbocycles. The van der Waals surface area contributed by atoms with Gasteiger partial charge in [-0.2, -0.15) is 0 Å². The van der Waals surface area contributed by atoms with E-state index in [9.17, 15) is 28.8 Å². The maximum atomic E-state index is 10.5. The molecule has 0 bridgehead atoms. The predicted octanol–water partition coefficient (Wildman–Crippen LogP) is 0.0401. The first-order chi connectivity index (χ1) is 5.97. The molecule has 0 aromatic carbocycles. The third-order valence-electron chi connectivity index (χ3n) is 1.36. The Morgan fingerprint density at radius 2 is 0.529 bits per heavy atom. The third kappa shape index (κ3) is 3.39. The minimum absolute atomic E-state index is 0. The van der Waals surface area contributed by atoms with Crippen molar-refractivity contribution in [2.24, 2.45) is 0 Å². The van der Waals surface area contributed by atoms with Crippen molar-refractivity contribution in [3.63, 3.8) is 0 Å². The van der Waals surface area contributed by atoms with Crippen molar-refractivity contribution >= 4 is 78.9 Å². The Morgan fingerprint density at radius 3 is 0.529 bits per heavy atom. The second kappa shape index (κ2) is 8.00. The molecule has 0 atom stereocenters. The van der Waals surface area contributed by atoms with Crippen LogP contribution in [0, 0.1) is 0 Å². The molecule has 6 nitrogen and oxygen atoms in total. The molecule has 0 N–H and O–H groups in total. The minimum atomic E-state index is -6.38. The van der Waals surface area contributed by atoms with Crippen molar-refractivity contribution in [1.29, 1.82) is 0 Å². The molecule has 107 valence electrons. The van der Waals surface area contributed by atoms with Crippen LogP contribution >= 0.6 is 49.6 Å². The Bertz CT molecular complexity index is 246. The molecule has 0 unspecified atom stereocenters. The monoisotopic (exact) mass is 421 g/mol. The van der Waals surface area contributed by atoms with Crippen LogP contribution in [0.2, 0.25) is 0 Å². The van der Waals surface area contributed by atoms with E-state index in [1.54, 1.807) is 0 Å². The molecule has 0 aliphatic rings. The zero-order valence-electron chi connectivity index (χ0n) is 7.88. The van der Waals surface area contributed by atoms with Crippen molar-refractivity contribution < 1.29 is 41.2 Å². The Balaban J connectivity index is -0.000000120. The summed E-state index contributed by atoms with van der Waals surface area (Å²) in [5.41, 5.74) is 0. The van der Waals surface area contributed by atoms with Crippen LogP contribution in [-0.4, -0.2) is 29.3 Å². The van der Waals surface area contributed by atoms with Crippen LogP contribution < -0.4 is 0 Å². The molecule has 0 aliphatic carbocycles. The fourth-order valence-electron chi connectivity index (χ4n) is 0.278. The molecule has 0 radical (unpaired) electrons. The summed E-state index contributed by atoms with van der Waals surface area (Å²) in [6.45, 7) is 0. The molecule has 0 amide bonds. The van der Waals surface area contributed by atoms with Crippen LogP contribution in [0.25, 0.3) is 0 Å². The summed E-state index contributed by atoms with van der Waals surface area (Å²) in [4.78, 5) is 60.8. The quantitative estimate of drug-likeness (QED) is 0.442. The van der Waals surface area contributed by atoms with E-state index in [1.807, 2.05) is 0 Å². The Hall–Kier alpha value is -0.197. The molecule has 11 heteroatoms. The van der Waals surface area contributed by atoms with Crippen molar-refractivity contribution in [3.8, 4) is 0 Å². The summed E-state index contributed by atoms with van der Waals surface area (Å²) in [6, 6.07) is 0. The summed E-state index contributed by atoms with van der Waals surface area (Å²) in [7, 11) is 0. The molecular weight excluding hydrogens is 413 g/mol. The van der Waals surface area contributed by atoms with E-state index in [0.717, 1.165) is 0 Å². The van der Waals surface area contributed by atoms with Gasteiger partial charge in [0.25, 0.3) is 0 Å². The van der Waals surface area contributed by atoms with Gasteiger partial charge in [-0.15, -0.1) is 49.6 Å². The van der Waals surface area contributed by atoms with Crippen LogP contribution in [0.5, 0.6) is 0 Å². The molecule has 0 rings (SSSR count). The van der Waals surface area contributed by atoms with Gasteiger partial charge in [-0.1, -0.05) is 0 Å². The fraction of sp³-hybridized carbons (Fsp3) is 0. The van der Waals surface area contributed by atoms with E-state index < -0.39 is 41.7 Å². The average Bonchev–Trinajstić information content (AvgIpc) is 2.26. The van der Waals surface area contributed by atoms with E-state index in [1.165, 1.54) is 0 Å². The molecule has 0 heterocycles. The number of rotatable bonds is 6. The Morgan fingerprint density at radius 1 is 0.412 bits per heavy atom. The molecule has 0 spiro atoms. The van der Waals surface area contributed by atoms with Gasteiger partial charge in [-0.3, -0.25) is 0 Å². The standard InChI is InChI=1S/6CHO.4ClH.Rh/c6*1-2;;;;;/h6*1H;4*1H;. The van der Waals surface area contributed by atoms with Gasteiger partial charge in [0.2, 0.25) is 0 Å². The van der Waals surface area contributed by atoms with Gasteiger partial charge >= 0.3 is 70.5 Å². The third-order valence-corrected chi connectivity index (χ3v) is 8.05. The zero-order valence-corrected chi connectivity index (χ0v) is 12.8. The molecule has 0 aromatic heterocycles. The second-order valence-electron chi connectivity index (χ2n) is 2.14. The summed E-state index contributed by atoms with van der Waals surface area (Å²) >= 11 is -6.38. The van der Waals surface area contributed by atoms with Crippen LogP contribution in [-0.2, 0) is 41.2 Å². The van der Waals surface area contributed by atoms with Crippen molar-refractivity contribution in [2.75, 3.05) is 0 Å². The van der Waals surface area contributed by atoms with E-state index in [-0.39, 0.29) is 49.6 Å². The van der Waals surface area contributed by atoms with Gasteiger partial charge in [0, 0.05) is 0 Å². The van der Waals surface area contributed by atoms with E-state index in [4.69, 9.17) is 0 Å². The number of hydrogen-bond donors (Lipinski definition) is 0. The van der Waals surface area contributed by atoms with Crippen molar-refractivity contribution in [3.05, 3.63) is 0 Å². The number of carbonyl (C=O) groups is 6. The average molecular weight is 423 g/mol. The van der Waals surface area contributed by atoms with Crippen molar-refractivity contribution in [2.45, 2.75) is 0 Å². The topological polar surface area (TPSA) is 102 Å². The van der Waals surface area contributed by atoms with Gasteiger partial charge in [-0.05, 0) is 0 Å². The van der Waals surface area contributed by atoms with Crippen molar-refractivity contribution in [1.82, 2.24) is 0 Å². The summed E-state index contributed by atoms with van der Waals surface area (Å²) in [6.07, 6.45) is 0. The van der Waals surface area contributed by atoms with Crippen LogP contribution in [0.1, 0.15) is 0 Å². The van der Waals surface area contributed by atoms with Gasteiger partial charge in [0.15, 0.2) is 0 Å². The molecule has 17 heavy (non-hydrogen) atoms. The van der Waals surface area contributed by atoms with Crippen LogP contribution in [0.4, 0.5) is 0 Å². The van der Waals surface area contributed by atoms with Gasteiger partial charge in [-0.25, -0.2) is 0 Å². The first-order valence-electron chi connectivity index (χ1n) is 2.57. The summed E-state index contributed by atoms with van der Waals surface area (Å²) in [5.74, 6) is 0. The molecule has 0 fully saturated rings. The normalized spacial score (nSPS) is 12.0. The number of hydrogen-bond acceptors (Lipinski definition) is 6. The predicted molar refractivity (Wildman–Crippen MR) is 69.5 cm³/mol. The molecule has 0 aromatic rings. The first-order valence-corrected chi connectivity index (χ1v) is 8.25. The second-order valence-corrected chi connectivity index (χ2v) is 12.6. The summed E-state index contributed by atoms with van der Waals surface area (Å²) in [5, 5.41) is 0. The van der Waals surface area contributed by atoms with Gasteiger partial charge < -0.3 is 0 Å². The van der Waals surface area contributed by atoms with E-state index in [0.29, 0.717) is 0 Å². The Labute approximate surface area is 120 Å². The first kappa shape index (κ1) is 30.1. The van der Waals surface area contributed by atoms with Gasteiger partial charge in [0.1, 0.15) is 0 Å². The van der Waals surface area contributed by atoms with Crippen LogP contribution in [0.3, 0.4) is 0 Å². The van der Waals surface area contributed by atoms with Crippen LogP contribution in [0.15, 0.2) is 0 Å². The van der Waals surface area contributed by atoms with E-state index >= 15 is 0 Å². The zero-order chi connectivity index (χ0) is 10.7.